The minimum atomic E-state index is -0.582. The maximum Gasteiger partial charge on any atom is 0.242 e. The second kappa shape index (κ2) is 10.8. The molecule has 1 heterocycles. The number of nitrogens with zero attached hydrogens (tertiary/aromatic N) is 2. The number of ether oxygens (including phenoxy) is 2. The van der Waals surface area contributed by atoms with Gasteiger partial charge in [-0.1, -0.05) is 35.5 Å². The summed E-state index contributed by atoms with van der Waals surface area (Å²) in [6.07, 6.45) is -0.00549. The largest absolute Gasteiger partial charge is 0.495 e. The quantitative estimate of drug-likeness (QED) is 0.604. The van der Waals surface area contributed by atoms with Gasteiger partial charge in [0, 0.05) is 18.6 Å². The number of carbonyl (C=O) groups excluding carboxylic acids is 2. The first kappa shape index (κ1) is 24.1. The Balaban J connectivity index is 1.79. The third-order valence-electron chi connectivity index (χ3n) is 4.93. The topological polar surface area (TPSA) is 80.2 Å². The van der Waals surface area contributed by atoms with E-state index in [0.29, 0.717) is 34.8 Å². The van der Waals surface area contributed by atoms with Crippen molar-refractivity contribution in [2.24, 2.45) is 4.99 Å². The molecule has 170 valence electrons. The lowest BCUT2D eigenvalue weighted by Crippen LogP contribution is -2.35. The maximum absolute atomic E-state index is 13.1. The smallest absolute Gasteiger partial charge is 0.242 e. The molecule has 1 saturated heterocycles. The van der Waals surface area contributed by atoms with Crippen LogP contribution < -0.4 is 10.1 Å². The van der Waals surface area contributed by atoms with E-state index in [-0.39, 0.29) is 18.2 Å². The number of halogens is 1. The molecule has 1 atom stereocenters. The van der Waals surface area contributed by atoms with E-state index < -0.39 is 5.25 Å². The molecule has 1 unspecified atom stereocenters. The van der Waals surface area contributed by atoms with Gasteiger partial charge in [0.1, 0.15) is 11.0 Å². The molecule has 2 amide bonds. The lowest BCUT2D eigenvalue weighted by atomic mass is 10.1. The van der Waals surface area contributed by atoms with Crippen molar-refractivity contribution in [3.63, 3.8) is 0 Å². The monoisotopic (exact) mass is 475 g/mol. The van der Waals surface area contributed by atoms with Crippen LogP contribution in [-0.2, 0) is 14.3 Å². The van der Waals surface area contributed by atoms with Crippen molar-refractivity contribution in [2.75, 3.05) is 32.7 Å². The number of amides is 2. The Morgan fingerprint density at radius 3 is 2.72 bits per heavy atom. The molecule has 1 fully saturated rings. The highest BCUT2D eigenvalue weighted by molar-refractivity contribution is 8.15. The second-order valence-corrected chi connectivity index (χ2v) is 8.98. The van der Waals surface area contributed by atoms with Gasteiger partial charge in [-0.25, -0.2) is 4.99 Å². The Morgan fingerprint density at radius 2 is 2.00 bits per heavy atom. The number of hydrogen-bond acceptors (Lipinski definition) is 6. The molecular formula is C23H26ClN3O4S. The Hall–Kier alpha value is -2.55. The van der Waals surface area contributed by atoms with Crippen LogP contribution in [0.4, 0.5) is 11.4 Å². The van der Waals surface area contributed by atoms with E-state index in [2.05, 4.69) is 5.32 Å². The van der Waals surface area contributed by atoms with Crippen molar-refractivity contribution in [3.05, 3.63) is 52.5 Å². The number of nitrogens with one attached hydrogen (secondary N) is 1. The average molecular weight is 476 g/mol. The summed E-state index contributed by atoms with van der Waals surface area (Å²) in [6, 6.07) is 11.0. The van der Waals surface area contributed by atoms with E-state index in [1.54, 1.807) is 30.2 Å². The normalized spacial score (nSPS) is 17.2. The summed E-state index contributed by atoms with van der Waals surface area (Å²) in [5.74, 6) is 0.0208. The molecule has 2 aromatic carbocycles. The van der Waals surface area contributed by atoms with Crippen LogP contribution in [0, 0.1) is 13.8 Å². The number of methoxy groups -OCH3 is 2. The molecule has 7 nitrogen and oxygen atoms in total. The van der Waals surface area contributed by atoms with E-state index >= 15 is 0 Å². The minimum Gasteiger partial charge on any atom is -0.495 e. The Morgan fingerprint density at radius 1 is 1.22 bits per heavy atom. The molecule has 0 saturated carbocycles. The number of benzene rings is 2. The summed E-state index contributed by atoms with van der Waals surface area (Å²) in [4.78, 5) is 32.1. The minimum absolute atomic E-state index is 0.00549. The van der Waals surface area contributed by atoms with Crippen LogP contribution in [0.2, 0.25) is 5.02 Å². The lowest BCUT2D eigenvalue weighted by molar-refractivity contribution is -0.128. The number of thioether (sulfide) groups is 1. The van der Waals surface area contributed by atoms with E-state index in [9.17, 15) is 9.59 Å². The molecule has 0 spiro atoms. The Kier molecular flexibility index (Phi) is 8.17. The van der Waals surface area contributed by atoms with Crippen LogP contribution in [0.5, 0.6) is 5.75 Å². The summed E-state index contributed by atoms with van der Waals surface area (Å²) in [6.45, 7) is 4.71. The fourth-order valence-electron chi connectivity index (χ4n) is 3.20. The number of hydrogen-bond donors (Lipinski definition) is 1. The van der Waals surface area contributed by atoms with Crippen molar-refractivity contribution in [1.82, 2.24) is 4.90 Å². The molecule has 9 heteroatoms. The number of rotatable bonds is 8. The number of anilines is 1. The van der Waals surface area contributed by atoms with Crippen LogP contribution >= 0.6 is 23.4 Å². The molecule has 3 rings (SSSR count). The molecule has 0 aliphatic carbocycles. The molecule has 32 heavy (non-hydrogen) atoms. The summed E-state index contributed by atoms with van der Waals surface area (Å²) < 4.78 is 10.4. The summed E-state index contributed by atoms with van der Waals surface area (Å²) in [7, 11) is 3.09. The van der Waals surface area contributed by atoms with Crippen molar-refractivity contribution in [3.8, 4) is 5.75 Å². The van der Waals surface area contributed by atoms with E-state index in [1.165, 1.54) is 18.9 Å². The van der Waals surface area contributed by atoms with Gasteiger partial charge in [-0.05, 0) is 49.2 Å². The van der Waals surface area contributed by atoms with Gasteiger partial charge < -0.3 is 14.8 Å². The highest BCUT2D eigenvalue weighted by Gasteiger charge is 2.39. The third-order valence-corrected chi connectivity index (χ3v) is 6.34. The molecular weight excluding hydrogens is 450 g/mol. The van der Waals surface area contributed by atoms with Crippen LogP contribution in [0.15, 0.2) is 41.4 Å². The van der Waals surface area contributed by atoms with Gasteiger partial charge in [0.25, 0.3) is 0 Å². The molecule has 0 bridgehead atoms. The molecule has 1 aliphatic heterocycles. The van der Waals surface area contributed by atoms with Crippen molar-refractivity contribution >= 4 is 51.7 Å². The van der Waals surface area contributed by atoms with Crippen molar-refractivity contribution in [2.45, 2.75) is 25.5 Å². The van der Waals surface area contributed by atoms with E-state index in [0.717, 1.165) is 16.8 Å². The van der Waals surface area contributed by atoms with Gasteiger partial charge in [-0.15, -0.1) is 0 Å². The van der Waals surface area contributed by atoms with Crippen LogP contribution in [0.3, 0.4) is 0 Å². The van der Waals surface area contributed by atoms with Crippen LogP contribution in [-0.4, -0.2) is 54.5 Å². The first-order valence-electron chi connectivity index (χ1n) is 10.1. The fourth-order valence-corrected chi connectivity index (χ4v) is 4.55. The molecule has 0 radical (unpaired) electrons. The van der Waals surface area contributed by atoms with Crippen LogP contribution in [0.25, 0.3) is 0 Å². The zero-order valence-electron chi connectivity index (χ0n) is 18.5. The zero-order valence-corrected chi connectivity index (χ0v) is 20.0. The highest BCUT2D eigenvalue weighted by atomic mass is 35.5. The van der Waals surface area contributed by atoms with Crippen molar-refractivity contribution < 1.29 is 19.1 Å². The zero-order chi connectivity index (χ0) is 23.3. The predicted octanol–water partition coefficient (Wildman–Crippen LogP) is 4.57. The first-order chi connectivity index (χ1) is 15.3. The van der Waals surface area contributed by atoms with Gasteiger partial charge in [0.2, 0.25) is 11.8 Å². The van der Waals surface area contributed by atoms with Crippen LogP contribution in [0.1, 0.15) is 17.5 Å². The van der Waals surface area contributed by atoms with E-state index in [4.69, 9.17) is 26.1 Å². The van der Waals surface area contributed by atoms with Gasteiger partial charge >= 0.3 is 0 Å². The summed E-state index contributed by atoms with van der Waals surface area (Å²) >= 11 is 7.33. The Bertz CT molecular complexity index is 1040. The number of amidine groups is 1. The molecule has 2 aromatic rings. The van der Waals surface area contributed by atoms with Crippen molar-refractivity contribution in [1.29, 1.82) is 0 Å². The predicted molar refractivity (Wildman–Crippen MR) is 129 cm³/mol. The fraction of sp³-hybridized carbons (Fsp3) is 0.348. The number of aryl methyl sites for hydroxylation is 2. The summed E-state index contributed by atoms with van der Waals surface area (Å²) in [5.41, 5.74) is 3.36. The van der Waals surface area contributed by atoms with Gasteiger partial charge in [-0.2, -0.15) is 0 Å². The highest BCUT2D eigenvalue weighted by Crippen LogP contribution is 2.34. The first-order valence-corrected chi connectivity index (χ1v) is 11.3. The molecule has 1 N–H and O–H groups in total. The number of carbonyl (C=O) groups is 2. The van der Waals surface area contributed by atoms with Gasteiger partial charge in [0.05, 0.1) is 31.6 Å². The second-order valence-electron chi connectivity index (χ2n) is 7.37. The molecule has 1 aliphatic rings. The van der Waals surface area contributed by atoms with E-state index in [1.807, 2.05) is 32.0 Å². The van der Waals surface area contributed by atoms with Gasteiger partial charge in [-0.3, -0.25) is 14.5 Å². The lowest BCUT2D eigenvalue weighted by Gasteiger charge is -2.16. The summed E-state index contributed by atoms with van der Waals surface area (Å²) in [5, 5.41) is 3.25. The maximum atomic E-state index is 13.1. The standard InChI is InChI=1S/C23H26ClN3O4S/c1-14-5-6-15(2)17(11-14)26-23-27(9-10-30-3)22(29)20(32-23)13-21(28)25-18-12-16(24)7-8-19(18)31-4/h5-8,11-12,20H,9-10,13H2,1-4H3,(H,25,28). The SMILES string of the molecule is COCCN1C(=O)C(CC(=O)Nc2cc(Cl)ccc2OC)SC1=Nc1cc(C)ccc1C. The number of aliphatic imine (C=N–C) groups is 1. The van der Waals surface area contributed by atoms with Gasteiger partial charge in [0.15, 0.2) is 5.17 Å². The molecule has 0 aromatic heterocycles. The average Bonchev–Trinajstić information content (AvgIpc) is 3.03. The Labute approximate surface area is 197 Å². The third kappa shape index (κ3) is 5.82.